The smallest absolute Gasteiger partial charge is 0.335 e. The number of carbonyl (C=O) groups excluding carboxylic acids is 1. The molecule has 0 radical (unpaired) electrons. The summed E-state index contributed by atoms with van der Waals surface area (Å²) in [6.45, 7) is 3.91. The third-order valence-electron chi connectivity index (χ3n) is 3.09. The topological polar surface area (TPSA) is 113 Å². The van der Waals surface area contributed by atoms with Crippen LogP contribution in [0.2, 0.25) is 0 Å². The molecule has 2 N–H and O–H groups in total. The van der Waals surface area contributed by atoms with E-state index in [4.69, 9.17) is 5.11 Å². The van der Waals surface area contributed by atoms with Crippen molar-refractivity contribution in [3.63, 3.8) is 0 Å². The van der Waals surface area contributed by atoms with Gasteiger partial charge in [-0.25, -0.2) is 18.2 Å². The molecule has 0 aliphatic heterocycles. The Hall–Kier alpha value is -2.26. The number of aromatic nitrogens is 1. The molecule has 0 aliphatic carbocycles. The largest absolute Gasteiger partial charge is 0.478 e. The zero-order valence-corrected chi connectivity index (χ0v) is 14.9. The maximum Gasteiger partial charge on any atom is 0.335 e. The van der Waals surface area contributed by atoms with E-state index in [1.54, 1.807) is 5.38 Å². The number of hydrogen-bond acceptors (Lipinski definition) is 6. The normalized spacial score (nSPS) is 11.5. The van der Waals surface area contributed by atoms with E-state index < -0.39 is 21.7 Å². The zero-order chi connectivity index (χ0) is 18.1. The fourth-order valence-electron chi connectivity index (χ4n) is 1.86. The van der Waals surface area contributed by atoms with Crippen molar-refractivity contribution in [1.82, 2.24) is 4.98 Å². The summed E-state index contributed by atoms with van der Waals surface area (Å²) in [6.07, 6.45) is 0.967. The number of hydrogen-bond donors (Lipinski definition) is 2. The molecule has 1 amide bonds. The number of aromatic carboxylic acids is 1. The highest BCUT2D eigenvalue weighted by molar-refractivity contribution is 7.90. The molecule has 128 valence electrons. The first-order valence-corrected chi connectivity index (χ1v) is 9.70. The van der Waals surface area contributed by atoms with E-state index >= 15 is 0 Å². The van der Waals surface area contributed by atoms with Crippen LogP contribution < -0.4 is 5.32 Å². The van der Waals surface area contributed by atoms with Crippen molar-refractivity contribution >= 4 is 38.7 Å². The number of thiazole rings is 1. The third-order valence-corrected chi connectivity index (χ3v) is 5.33. The minimum absolute atomic E-state index is 0.0828. The lowest BCUT2D eigenvalue weighted by molar-refractivity contribution is 0.0696. The standard InChI is InChI=1S/C15H16N2O5S2/c1-8(2)14-17-12(7-23-14)13(18)16-10-4-9(15(19)20)5-11(6-10)24(3,21)22/h4-8H,1-3H3,(H,16,18)(H,19,20). The number of amides is 1. The van der Waals surface area contributed by atoms with Gasteiger partial charge in [-0.1, -0.05) is 13.8 Å². The number of benzene rings is 1. The number of carbonyl (C=O) groups is 2. The highest BCUT2D eigenvalue weighted by Crippen LogP contribution is 2.22. The van der Waals surface area contributed by atoms with Crippen LogP contribution in [0.5, 0.6) is 0 Å². The van der Waals surface area contributed by atoms with Crippen molar-refractivity contribution in [3.8, 4) is 0 Å². The van der Waals surface area contributed by atoms with Crippen LogP contribution in [0, 0.1) is 0 Å². The first kappa shape index (κ1) is 18.1. The van der Waals surface area contributed by atoms with Gasteiger partial charge in [0.15, 0.2) is 9.84 Å². The van der Waals surface area contributed by atoms with Crippen LogP contribution in [-0.4, -0.2) is 36.6 Å². The maximum absolute atomic E-state index is 12.2. The summed E-state index contributed by atoms with van der Waals surface area (Å²) in [5.41, 5.74) is 0.0547. The van der Waals surface area contributed by atoms with Gasteiger partial charge in [-0.2, -0.15) is 0 Å². The molecule has 1 aromatic carbocycles. The Morgan fingerprint density at radius 3 is 2.42 bits per heavy atom. The second-order valence-electron chi connectivity index (χ2n) is 5.50. The zero-order valence-electron chi connectivity index (χ0n) is 13.2. The third kappa shape index (κ3) is 4.18. The van der Waals surface area contributed by atoms with Crippen LogP contribution in [0.25, 0.3) is 0 Å². The lowest BCUT2D eigenvalue weighted by Gasteiger charge is -2.08. The Kier molecular flexibility index (Phi) is 5.05. The van der Waals surface area contributed by atoms with Crippen molar-refractivity contribution in [2.24, 2.45) is 0 Å². The van der Waals surface area contributed by atoms with Gasteiger partial charge in [0.05, 0.1) is 15.5 Å². The number of anilines is 1. The molecule has 1 heterocycles. The van der Waals surface area contributed by atoms with Crippen molar-refractivity contribution in [3.05, 3.63) is 39.8 Å². The Morgan fingerprint density at radius 2 is 1.92 bits per heavy atom. The fourth-order valence-corrected chi connectivity index (χ4v) is 3.36. The van der Waals surface area contributed by atoms with Crippen molar-refractivity contribution < 1.29 is 23.1 Å². The number of sulfone groups is 1. The summed E-state index contributed by atoms with van der Waals surface area (Å²) in [4.78, 5) is 27.4. The van der Waals surface area contributed by atoms with Gasteiger partial charge in [0.25, 0.3) is 5.91 Å². The van der Waals surface area contributed by atoms with E-state index in [-0.39, 0.29) is 27.8 Å². The Bertz CT molecular complexity index is 900. The van der Waals surface area contributed by atoms with E-state index in [2.05, 4.69) is 10.3 Å². The number of carboxylic acid groups (broad SMARTS) is 1. The average molecular weight is 368 g/mol. The molecular formula is C15H16N2O5S2. The molecule has 7 nitrogen and oxygen atoms in total. The highest BCUT2D eigenvalue weighted by atomic mass is 32.2. The predicted octanol–water partition coefficient (Wildman–Crippen LogP) is 2.62. The molecule has 0 saturated heterocycles. The van der Waals surface area contributed by atoms with Gasteiger partial charge in [0.1, 0.15) is 5.69 Å². The summed E-state index contributed by atoms with van der Waals surface area (Å²) >= 11 is 1.35. The molecule has 0 fully saturated rings. The summed E-state index contributed by atoms with van der Waals surface area (Å²) in [5.74, 6) is -1.63. The molecule has 0 bridgehead atoms. The van der Waals surface area contributed by atoms with E-state index in [1.165, 1.54) is 23.5 Å². The van der Waals surface area contributed by atoms with Crippen LogP contribution in [-0.2, 0) is 9.84 Å². The summed E-state index contributed by atoms with van der Waals surface area (Å²) < 4.78 is 23.4. The Morgan fingerprint density at radius 1 is 1.25 bits per heavy atom. The van der Waals surface area contributed by atoms with Crippen LogP contribution in [0.15, 0.2) is 28.5 Å². The second-order valence-corrected chi connectivity index (χ2v) is 8.41. The monoisotopic (exact) mass is 368 g/mol. The molecule has 0 atom stereocenters. The SMILES string of the molecule is CC(C)c1nc(C(=O)Nc2cc(C(=O)O)cc(S(C)(=O)=O)c2)cs1. The lowest BCUT2D eigenvalue weighted by atomic mass is 10.2. The van der Waals surface area contributed by atoms with Gasteiger partial charge < -0.3 is 10.4 Å². The molecule has 0 unspecified atom stereocenters. The van der Waals surface area contributed by atoms with E-state index in [9.17, 15) is 18.0 Å². The van der Waals surface area contributed by atoms with Crippen LogP contribution in [0.4, 0.5) is 5.69 Å². The van der Waals surface area contributed by atoms with Gasteiger partial charge in [-0.15, -0.1) is 11.3 Å². The van der Waals surface area contributed by atoms with E-state index in [0.717, 1.165) is 17.3 Å². The first-order valence-electron chi connectivity index (χ1n) is 6.93. The van der Waals surface area contributed by atoms with Crippen molar-refractivity contribution in [2.45, 2.75) is 24.7 Å². The minimum atomic E-state index is -3.62. The number of nitrogens with one attached hydrogen (secondary N) is 1. The molecule has 9 heteroatoms. The molecule has 0 spiro atoms. The fraction of sp³-hybridized carbons (Fsp3) is 0.267. The van der Waals surface area contributed by atoms with Gasteiger partial charge >= 0.3 is 5.97 Å². The molecule has 2 rings (SSSR count). The second kappa shape index (κ2) is 6.70. The predicted molar refractivity (Wildman–Crippen MR) is 90.7 cm³/mol. The number of rotatable bonds is 5. The van der Waals surface area contributed by atoms with Gasteiger partial charge in [0.2, 0.25) is 0 Å². The molecule has 0 aliphatic rings. The van der Waals surface area contributed by atoms with Gasteiger partial charge in [0, 0.05) is 23.2 Å². The van der Waals surface area contributed by atoms with E-state index in [1.807, 2.05) is 13.8 Å². The molecule has 0 saturated carbocycles. The molecular weight excluding hydrogens is 352 g/mol. The highest BCUT2D eigenvalue weighted by Gasteiger charge is 2.17. The maximum atomic E-state index is 12.2. The van der Waals surface area contributed by atoms with Crippen LogP contribution in [0.3, 0.4) is 0 Å². The average Bonchev–Trinajstić information content (AvgIpc) is 2.96. The quantitative estimate of drug-likeness (QED) is 0.839. The Balaban J connectivity index is 2.35. The number of nitrogens with zero attached hydrogens (tertiary/aromatic N) is 1. The Labute approximate surface area is 143 Å². The lowest BCUT2D eigenvalue weighted by Crippen LogP contribution is -2.14. The van der Waals surface area contributed by atoms with Crippen molar-refractivity contribution in [1.29, 1.82) is 0 Å². The first-order chi connectivity index (χ1) is 11.1. The number of carboxylic acids is 1. The summed E-state index contributed by atoms with van der Waals surface area (Å²) in [5, 5.41) is 14.0. The molecule has 2 aromatic rings. The van der Waals surface area contributed by atoms with Crippen molar-refractivity contribution in [2.75, 3.05) is 11.6 Å². The van der Waals surface area contributed by atoms with Crippen LogP contribution in [0.1, 0.15) is 45.6 Å². The van der Waals surface area contributed by atoms with Gasteiger partial charge in [-0.3, -0.25) is 4.79 Å². The van der Waals surface area contributed by atoms with Crippen LogP contribution >= 0.6 is 11.3 Å². The van der Waals surface area contributed by atoms with Gasteiger partial charge in [-0.05, 0) is 18.2 Å². The van der Waals surface area contributed by atoms with E-state index in [0.29, 0.717) is 0 Å². The minimum Gasteiger partial charge on any atom is -0.478 e. The summed E-state index contributed by atoms with van der Waals surface area (Å²) in [7, 11) is -3.62. The molecule has 1 aromatic heterocycles. The summed E-state index contributed by atoms with van der Waals surface area (Å²) in [6, 6.07) is 3.47. The molecule has 24 heavy (non-hydrogen) atoms.